The van der Waals surface area contributed by atoms with Crippen LogP contribution in [-0.4, -0.2) is 23.1 Å². The molecule has 2 rings (SSSR count). The summed E-state index contributed by atoms with van der Waals surface area (Å²) in [5.74, 6) is 0. The first-order valence-corrected chi connectivity index (χ1v) is 8.86. The van der Waals surface area contributed by atoms with Crippen molar-refractivity contribution in [2.45, 2.75) is 46.0 Å². The van der Waals surface area contributed by atoms with Crippen LogP contribution >= 0.6 is 22.6 Å². The number of hydrogen-bond acceptors (Lipinski definition) is 0. The van der Waals surface area contributed by atoms with Crippen LogP contribution in [0, 0.1) is 10.5 Å². The molecule has 0 radical (unpaired) electrons. The van der Waals surface area contributed by atoms with Crippen molar-refractivity contribution < 1.29 is 12.4 Å². The van der Waals surface area contributed by atoms with Crippen molar-refractivity contribution in [3.63, 3.8) is 0 Å². The molecule has 0 saturated heterocycles. The zero-order valence-corrected chi connectivity index (χ0v) is 18.8. The SMILES string of the molecule is CCCCc1ccccc1.Ic1ccccc1.[CH2-]CCC.[Cl-].[Mg+2]. The fourth-order valence-corrected chi connectivity index (χ4v) is 1.86. The van der Waals surface area contributed by atoms with Crippen LogP contribution in [0.2, 0.25) is 0 Å². The van der Waals surface area contributed by atoms with Crippen LogP contribution in [0.3, 0.4) is 0 Å². The van der Waals surface area contributed by atoms with Gasteiger partial charge in [-0.15, -0.1) is 0 Å². The van der Waals surface area contributed by atoms with E-state index in [0.717, 1.165) is 6.42 Å². The van der Waals surface area contributed by atoms with Crippen LogP contribution < -0.4 is 12.4 Å². The monoisotopic (exact) mass is 454 g/mol. The van der Waals surface area contributed by atoms with Gasteiger partial charge >= 0.3 is 23.1 Å². The van der Waals surface area contributed by atoms with E-state index in [4.69, 9.17) is 0 Å². The molecule has 0 N–H and O–H groups in total. The van der Waals surface area contributed by atoms with Gasteiger partial charge in [-0.25, -0.2) is 0 Å². The minimum atomic E-state index is 0. The summed E-state index contributed by atoms with van der Waals surface area (Å²) in [6.07, 6.45) is 6.11. The molecule has 0 nitrogen and oxygen atoms in total. The summed E-state index contributed by atoms with van der Waals surface area (Å²) in [5, 5.41) is 0. The van der Waals surface area contributed by atoms with Gasteiger partial charge < -0.3 is 19.3 Å². The van der Waals surface area contributed by atoms with Crippen LogP contribution in [-0.2, 0) is 6.42 Å². The average molecular weight is 455 g/mol. The van der Waals surface area contributed by atoms with Crippen molar-refractivity contribution >= 4 is 45.6 Å². The van der Waals surface area contributed by atoms with Crippen molar-refractivity contribution in [2.24, 2.45) is 0 Å². The summed E-state index contributed by atoms with van der Waals surface area (Å²) in [6.45, 7) is 7.95. The van der Waals surface area contributed by atoms with Gasteiger partial charge in [0.15, 0.2) is 0 Å². The van der Waals surface area contributed by atoms with Gasteiger partial charge in [0.25, 0.3) is 0 Å². The predicted octanol–water partition coefficient (Wildman–Crippen LogP) is 3.56. The van der Waals surface area contributed by atoms with E-state index in [1.807, 2.05) is 18.2 Å². The molecule has 0 aliphatic carbocycles. The Hall–Kier alpha value is 0.226. The Kier molecular flexibility index (Phi) is 27.1. The predicted molar refractivity (Wildman–Crippen MR) is 110 cm³/mol. The van der Waals surface area contributed by atoms with E-state index in [9.17, 15) is 0 Å². The minimum Gasteiger partial charge on any atom is -1.00 e. The molecule has 0 unspecified atom stereocenters. The third-order valence-electron chi connectivity index (χ3n) is 2.75. The van der Waals surface area contributed by atoms with Gasteiger partial charge in [-0.3, -0.25) is 0 Å². The number of rotatable bonds is 4. The number of aryl methyl sites for hydroxylation is 1. The van der Waals surface area contributed by atoms with Gasteiger partial charge in [0.1, 0.15) is 0 Å². The van der Waals surface area contributed by atoms with E-state index in [1.165, 1.54) is 34.8 Å². The standard InChI is InChI=1S/C10H14.C6H5I.C4H9.ClH.Mg/c1-2-3-7-10-8-5-4-6-9-10;7-6-4-2-1-3-5-6;1-3-4-2;;/h4-6,8-9H,2-3,7H2,1H3;1-5H;1,3-4H2,2H3;1H;/q;;-1;;+2/p-1. The van der Waals surface area contributed by atoms with Crippen molar-refractivity contribution in [1.82, 2.24) is 0 Å². The van der Waals surface area contributed by atoms with Crippen LogP contribution in [0.5, 0.6) is 0 Å². The number of hydrogen-bond donors (Lipinski definition) is 0. The van der Waals surface area contributed by atoms with Crippen molar-refractivity contribution in [2.75, 3.05) is 0 Å². The summed E-state index contributed by atoms with van der Waals surface area (Å²) in [7, 11) is 0. The van der Waals surface area contributed by atoms with Crippen molar-refractivity contribution in [3.8, 4) is 0 Å². The second-order valence-electron chi connectivity index (χ2n) is 4.74. The topological polar surface area (TPSA) is 0 Å². The Morgan fingerprint density at radius 3 is 1.57 bits per heavy atom. The molecular formula is C20H28ClIMg. The molecule has 0 saturated carbocycles. The average Bonchev–Trinajstić information content (AvgIpc) is 2.55. The number of benzene rings is 2. The summed E-state index contributed by atoms with van der Waals surface area (Å²) in [4.78, 5) is 0. The molecule has 0 aliphatic heterocycles. The van der Waals surface area contributed by atoms with E-state index >= 15 is 0 Å². The van der Waals surface area contributed by atoms with E-state index in [0.29, 0.717) is 0 Å². The summed E-state index contributed by atoms with van der Waals surface area (Å²) >= 11 is 2.28. The summed E-state index contributed by atoms with van der Waals surface area (Å²) in [6, 6.07) is 20.9. The molecule has 23 heavy (non-hydrogen) atoms. The largest absolute Gasteiger partial charge is 2.00 e. The molecule has 0 aliphatic rings. The van der Waals surface area contributed by atoms with Crippen LogP contribution in [0.15, 0.2) is 60.7 Å². The Bertz CT molecular complexity index is 418. The van der Waals surface area contributed by atoms with Gasteiger partial charge in [-0.1, -0.05) is 75.2 Å². The fourth-order valence-electron chi connectivity index (χ4n) is 1.44. The fraction of sp³-hybridized carbons (Fsp3) is 0.350. The Morgan fingerprint density at radius 2 is 1.26 bits per heavy atom. The molecule has 0 heterocycles. The van der Waals surface area contributed by atoms with Gasteiger partial charge in [0.05, 0.1) is 0 Å². The smallest absolute Gasteiger partial charge is 1.00 e. The normalized spacial score (nSPS) is 8.17. The van der Waals surface area contributed by atoms with Gasteiger partial charge in [0.2, 0.25) is 0 Å². The molecule has 3 heteroatoms. The first kappa shape index (κ1) is 28.0. The van der Waals surface area contributed by atoms with E-state index < -0.39 is 0 Å². The maximum atomic E-state index is 3.60. The molecule has 0 amide bonds. The zero-order valence-electron chi connectivity index (χ0n) is 14.5. The van der Waals surface area contributed by atoms with Gasteiger partial charge in [0, 0.05) is 3.57 Å². The first-order chi connectivity index (χ1) is 10.2. The number of unbranched alkanes of at least 4 members (excludes halogenated alkanes) is 2. The first-order valence-electron chi connectivity index (χ1n) is 7.78. The maximum Gasteiger partial charge on any atom is 2.00 e. The molecule has 124 valence electrons. The third-order valence-corrected chi connectivity index (χ3v) is 3.47. The Morgan fingerprint density at radius 1 is 0.826 bits per heavy atom. The molecular weight excluding hydrogens is 427 g/mol. The van der Waals surface area contributed by atoms with Crippen molar-refractivity contribution in [1.29, 1.82) is 0 Å². The maximum absolute atomic E-state index is 3.60. The van der Waals surface area contributed by atoms with Gasteiger partial charge in [-0.05, 0) is 53.1 Å². The van der Waals surface area contributed by atoms with Crippen LogP contribution in [0.25, 0.3) is 0 Å². The Balaban J connectivity index is -0.000000273. The third kappa shape index (κ3) is 20.2. The second kappa shape index (κ2) is 22.2. The van der Waals surface area contributed by atoms with Crippen LogP contribution in [0.4, 0.5) is 0 Å². The molecule has 0 aromatic heterocycles. The molecule has 2 aromatic carbocycles. The van der Waals surface area contributed by atoms with E-state index in [1.54, 1.807) is 0 Å². The molecule has 0 atom stereocenters. The van der Waals surface area contributed by atoms with Gasteiger partial charge in [-0.2, -0.15) is 6.42 Å². The zero-order chi connectivity index (χ0) is 15.8. The second-order valence-corrected chi connectivity index (χ2v) is 5.98. The molecule has 0 bridgehead atoms. The minimum absolute atomic E-state index is 0. The van der Waals surface area contributed by atoms with Crippen LogP contribution in [0.1, 0.15) is 45.1 Å². The molecule has 0 fully saturated rings. The number of halogens is 2. The van der Waals surface area contributed by atoms with E-state index in [-0.39, 0.29) is 35.5 Å². The molecule has 2 aromatic rings. The Labute approximate surface area is 179 Å². The van der Waals surface area contributed by atoms with Crippen molar-refractivity contribution in [3.05, 3.63) is 76.7 Å². The quantitative estimate of drug-likeness (QED) is 0.376. The molecule has 0 spiro atoms. The summed E-state index contributed by atoms with van der Waals surface area (Å²) < 4.78 is 1.29. The van der Waals surface area contributed by atoms with E-state index in [2.05, 4.69) is 85.8 Å². The summed E-state index contributed by atoms with van der Waals surface area (Å²) in [5.41, 5.74) is 1.46.